The van der Waals surface area contributed by atoms with Crippen LogP contribution in [0.3, 0.4) is 0 Å². The second-order valence-corrected chi connectivity index (χ2v) is 5.93. The maximum absolute atomic E-state index is 6.25. The van der Waals surface area contributed by atoms with Gasteiger partial charge >= 0.3 is 0 Å². The van der Waals surface area contributed by atoms with Gasteiger partial charge < -0.3 is 10.6 Å². The Morgan fingerprint density at radius 1 is 1.22 bits per heavy atom. The summed E-state index contributed by atoms with van der Waals surface area (Å²) in [5.74, 6) is 1.88. The van der Waals surface area contributed by atoms with Crippen molar-refractivity contribution in [2.45, 2.75) is 38.6 Å². The molecule has 2 aliphatic rings. The van der Waals surface area contributed by atoms with Crippen LogP contribution in [0.2, 0.25) is 0 Å². The molecule has 2 heteroatoms. The van der Waals surface area contributed by atoms with Crippen LogP contribution in [-0.2, 0) is 0 Å². The van der Waals surface area contributed by atoms with Crippen molar-refractivity contribution in [2.75, 3.05) is 18.0 Å². The molecule has 1 saturated carbocycles. The van der Waals surface area contributed by atoms with E-state index in [0.717, 1.165) is 18.3 Å². The molecule has 1 aliphatic carbocycles. The Morgan fingerprint density at radius 3 is 2.56 bits per heavy atom. The van der Waals surface area contributed by atoms with Gasteiger partial charge in [0.1, 0.15) is 0 Å². The van der Waals surface area contributed by atoms with E-state index in [-0.39, 0.29) is 6.04 Å². The molecule has 0 radical (unpaired) electrons. The van der Waals surface area contributed by atoms with Gasteiger partial charge in [0.2, 0.25) is 0 Å². The van der Waals surface area contributed by atoms with Crippen molar-refractivity contribution in [1.29, 1.82) is 0 Å². The molecule has 1 aliphatic heterocycles. The summed E-state index contributed by atoms with van der Waals surface area (Å²) in [6.45, 7) is 4.66. The molecule has 98 valence electrons. The highest BCUT2D eigenvalue weighted by Gasteiger charge is 2.36. The molecule has 0 bridgehead atoms. The van der Waals surface area contributed by atoms with Crippen LogP contribution in [0.15, 0.2) is 24.3 Å². The molecule has 0 spiro atoms. The summed E-state index contributed by atoms with van der Waals surface area (Å²) < 4.78 is 0. The fourth-order valence-electron chi connectivity index (χ4n) is 3.74. The first kappa shape index (κ1) is 12.0. The van der Waals surface area contributed by atoms with E-state index in [1.807, 2.05) is 0 Å². The van der Waals surface area contributed by atoms with Crippen LogP contribution >= 0.6 is 0 Å². The molecule has 1 heterocycles. The lowest BCUT2D eigenvalue weighted by Crippen LogP contribution is -2.24. The molecule has 0 amide bonds. The predicted octanol–water partition coefficient (Wildman–Crippen LogP) is 3.33. The van der Waals surface area contributed by atoms with Crippen molar-refractivity contribution in [3.05, 3.63) is 29.8 Å². The lowest BCUT2D eigenvalue weighted by atomic mass is 10.0. The van der Waals surface area contributed by atoms with Crippen molar-refractivity contribution < 1.29 is 0 Å². The normalized spacial score (nSPS) is 28.4. The summed E-state index contributed by atoms with van der Waals surface area (Å²) in [6.07, 6.45) is 5.32. The number of fused-ring (bicyclic) bond motifs is 1. The summed E-state index contributed by atoms with van der Waals surface area (Å²) in [6, 6.07) is 8.91. The maximum Gasteiger partial charge on any atom is 0.0414 e. The van der Waals surface area contributed by atoms with Crippen molar-refractivity contribution in [3.8, 4) is 0 Å². The van der Waals surface area contributed by atoms with E-state index in [0.29, 0.717) is 0 Å². The third-order valence-corrected chi connectivity index (χ3v) is 4.84. The first-order chi connectivity index (χ1) is 8.79. The van der Waals surface area contributed by atoms with Crippen molar-refractivity contribution >= 4 is 5.69 Å². The fraction of sp³-hybridized carbons (Fsp3) is 0.625. The Balaban J connectivity index is 1.84. The SMILES string of the molecule is CC[C@H](N)c1ccccc1N1CC2CCCC2C1. The monoisotopic (exact) mass is 244 g/mol. The molecule has 18 heavy (non-hydrogen) atoms. The third-order valence-electron chi connectivity index (χ3n) is 4.84. The van der Waals surface area contributed by atoms with Crippen LogP contribution in [0.25, 0.3) is 0 Å². The Morgan fingerprint density at radius 2 is 1.89 bits per heavy atom. The number of nitrogens with zero attached hydrogens (tertiary/aromatic N) is 1. The van der Waals surface area contributed by atoms with E-state index in [2.05, 4.69) is 36.1 Å². The second-order valence-electron chi connectivity index (χ2n) is 5.93. The molecule has 2 nitrogen and oxygen atoms in total. The molecule has 1 aromatic rings. The smallest absolute Gasteiger partial charge is 0.0414 e. The number of hydrogen-bond acceptors (Lipinski definition) is 2. The number of anilines is 1. The van der Waals surface area contributed by atoms with Crippen molar-refractivity contribution in [3.63, 3.8) is 0 Å². The Hall–Kier alpha value is -1.02. The summed E-state index contributed by atoms with van der Waals surface area (Å²) in [4.78, 5) is 2.58. The van der Waals surface area contributed by atoms with Crippen LogP contribution in [-0.4, -0.2) is 13.1 Å². The lowest BCUT2D eigenvalue weighted by molar-refractivity contribution is 0.494. The van der Waals surface area contributed by atoms with E-state index < -0.39 is 0 Å². The van der Waals surface area contributed by atoms with Gasteiger partial charge in [-0.15, -0.1) is 0 Å². The predicted molar refractivity (Wildman–Crippen MR) is 76.7 cm³/mol. The largest absolute Gasteiger partial charge is 0.371 e. The topological polar surface area (TPSA) is 29.3 Å². The lowest BCUT2D eigenvalue weighted by Gasteiger charge is -2.25. The van der Waals surface area contributed by atoms with Crippen LogP contribution in [0.4, 0.5) is 5.69 Å². The zero-order valence-corrected chi connectivity index (χ0v) is 11.3. The van der Waals surface area contributed by atoms with Gasteiger partial charge in [-0.2, -0.15) is 0 Å². The molecule has 1 saturated heterocycles. The second kappa shape index (κ2) is 4.93. The van der Waals surface area contributed by atoms with Gasteiger partial charge in [0.15, 0.2) is 0 Å². The minimum Gasteiger partial charge on any atom is -0.371 e. The highest BCUT2D eigenvalue weighted by atomic mass is 15.2. The van der Waals surface area contributed by atoms with Gasteiger partial charge in [-0.1, -0.05) is 31.5 Å². The molecular formula is C16H24N2. The minimum absolute atomic E-state index is 0.182. The standard InChI is InChI=1S/C16H24N2/c1-2-15(17)14-8-3-4-9-16(14)18-10-12-6-5-7-13(12)11-18/h3-4,8-9,12-13,15H,2,5-7,10-11,17H2,1H3/t12?,13?,15-/m0/s1. The first-order valence-corrected chi connectivity index (χ1v) is 7.39. The maximum atomic E-state index is 6.25. The van der Waals surface area contributed by atoms with Crippen LogP contribution < -0.4 is 10.6 Å². The zero-order valence-electron chi connectivity index (χ0n) is 11.3. The van der Waals surface area contributed by atoms with Crippen LogP contribution in [0.1, 0.15) is 44.2 Å². The zero-order chi connectivity index (χ0) is 12.5. The van der Waals surface area contributed by atoms with E-state index in [1.165, 1.54) is 43.6 Å². The van der Waals surface area contributed by atoms with Gasteiger partial charge in [-0.05, 0) is 42.7 Å². The highest BCUT2D eigenvalue weighted by molar-refractivity contribution is 5.56. The Kier molecular flexibility index (Phi) is 3.29. The number of para-hydroxylation sites is 1. The average Bonchev–Trinajstić information content (AvgIpc) is 2.98. The van der Waals surface area contributed by atoms with E-state index in [9.17, 15) is 0 Å². The first-order valence-electron chi connectivity index (χ1n) is 7.39. The molecule has 3 atom stereocenters. The third kappa shape index (κ3) is 2.03. The van der Waals surface area contributed by atoms with Crippen LogP contribution in [0, 0.1) is 11.8 Å². The summed E-state index contributed by atoms with van der Waals surface area (Å²) >= 11 is 0. The molecule has 2 fully saturated rings. The molecule has 2 unspecified atom stereocenters. The number of nitrogens with two attached hydrogens (primary N) is 1. The van der Waals surface area contributed by atoms with Crippen molar-refractivity contribution in [1.82, 2.24) is 0 Å². The van der Waals surface area contributed by atoms with E-state index in [1.54, 1.807) is 0 Å². The van der Waals surface area contributed by atoms with E-state index >= 15 is 0 Å². The quantitative estimate of drug-likeness (QED) is 0.883. The molecular weight excluding hydrogens is 220 g/mol. The van der Waals surface area contributed by atoms with Gasteiger partial charge in [0, 0.05) is 24.8 Å². The van der Waals surface area contributed by atoms with Crippen LogP contribution in [0.5, 0.6) is 0 Å². The summed E-state index contributed by atoms with van der Waals surface area (Å²) in [7, 11) is 0. The van der Waals surface area contributed by atoms with Crippen molar-refractivity contribution in [2.24, 2.45) is 17.6 Å². The molecule has 3 rings (SSSR count). The van der Waals surface area contributed by atoms with Gasteiger partial charge in [0.25, 0.3) is 0 Å². The summed E-state index contributed by atoms with van der Waals surface area (Å²) in [5.41, 5.74) is 8.98. The Labute approximate surface area is 110 Å². The van der Waals surface area contributed by atoms with Gasteiger partial charge in [-0.3, -0.25) is 0 Å². The molecule has 2 N–H and O–H groups in total. The van der Waals surface area contributed by atoms with E-state index in [4.69, 9.17) is 5.73 Å². The number of benzene rings is 1. The fourth-order valence-corrected chi connectivity index (χ4v) is 3.74. The Bertz CT molecular complexity index is 403. The number of hydrogen-bond donors (Lipinski definition) is 1. The number of rotatable bonds is 3. The van der Waals surface area contributed by atoms with Gasteiger partial charge in [0.05, 0.1) is 0 Å². The molecule has 0 aromatic heterocycles. The minimum atomic E-state index is 0.182. The summed E-state index contributed by atoms with van der Waals surface area (Å²) in [5, 5.41) is 0. The highest BCUT2D eigenvalue weighted by Crippen LogP contribution is 2.41. The average molecular weight is 244 g/mol. The van der Waals surface area contributed by atoms with Gasteiger partial charge in [-0.25, -0.2) is 0 Å². The molecule has 1 aromatic carbocycles.